The van der Waals surface area contributed by atoms with Gasteiger partial charge in [-0.05, 0) is 48.4 Å². The van der Waals surface area contributed by atoms with Gasteiger partial charge in [0.25, 0.3) is 0 Å². The number of aromatic nitrogens is 1. The van der Waals surface area contributed by atoms with Crippen LogP contribution < -0.4 is 20.1 Å². The zero-order valence-electron chi connectivity index (χ0n) is 15.0. The predicted octanol–water partition coefficient (Wildman–Crippen LogP) is 2.92. The standard InChI is InChI=1S/C20H25N3O3/c1-25-18-7-4-15(5-8-18)10-11-21-20(24)23-13-17-6-9-19(22-12-17)26-14-16-2-3-16/h4-9,12,16H,2-3,10-11,13-14H2,1H3,(H2,21,23,24). The molecule has 0 radical (unpaired) electrons. The second-order valence-electron chi connectivity index (χ2n) is 6.47. The van der Waals surface area contributed by atoms with Gasteiger partial charge in [-0.3, -0.25) is 0 Å². The van der Waals surface area contributed by atoms with Gasteiger partial charge in [-0.1, -0.05) is 18.2 Å². The number of nitrogens with one attached hydrogen (secondary N) is 2. The second kappa shape index (κ2) is 9.08. The fourth-order valence-corrected chi connectivity index (χ4v) is 2.45. The van der Waals surface area contributed by atoms with Crippen molar-refractivity contribution in [1.29, 1.82) is 0 Å². The number of ether oxygens (including phenoxy) is 2. The number of hydrogen-bond donors (Lipinski definition) is 2. The number of amides is 2. The molecule has 1 aromatic heterocycles. The first-order chi connectivity index (χ1) is 12.7. The van der Waals surface area contributed by atoms with Crippen LogP contribution in [-0.2, 0) is 13.0 Å². The number of pyridine rings is 1. The molecule has 0 atom stereocenters. The highest BCUT2D eigenvalue weighted by Crippen LogP contribution is 2.29. The lowest BCUT2D eigenvalue weighted by atomic mass is 10.1. The molecule has 2 aromatic rings. The van der Waals surface area contributed by atoms with Crippen LogP contribution in [0.25, 0.3) is 0 Å². The first kappa shape index (κ1) is 18.0. The Kier molecular flexibility index (Phi) is 6.30. The van der Waals surface area contributed by atoms with Gasteiger partial charge in [0.2, 0.25) is 5.88 Å². The maximum Gasteiger partial charge on any atom is 0.315 e. The number of carbonyl (C=O) groups is 1. The first-order valence-electron chi connectivity index (χ1n) is 8.95. The Labute approximate surface area is 153 Å². The molecule has 1 aliphatic rings. The number of rotatable bonds is 9. The van der Waals surface area contributed by atoms with Gasteiger partial charge in [-0.2, -0.15) is 0 Å². The summed E-state index contributed by atoms with van der Waals surface area (Å²) in [6, 6.07) is 11.4. The van der Waals surface area contributed by atoms with E-state index in [9.17, 15) is 4.79 Å². The summed E-state index contributed by atoms with van der Waals surface area (Å²) in [5.41, 5.74) is 2.09. The lowest BCUT2D eigenvalue weighted by Crippen LogP contribution is -2.36. The van der Waals surface area contributed by atoms with Crippen LogP contribution in [0.5, 0.6) is 11.6 Å². The largest absolute Gasteiger partial charge is 0.497 e. The summed E-state index contributed by atoms with van der Waals surface area (Å²) in [6.45, 7) is 1.76. The SMILES string of the molecule is COc1ccc(CCNC(=O)NCc2ccc(OCC3CC3)nc2)cc1. The van der Waals surface area contributed by atoms with E-state index in [0.717, 1.165) is 29.9 Å². The van der Waals surface area contributed by atoms with Crippen molar-refractivity contribution < 1.29 is 14.3 Å². The molecule has 0 spiro atoms. The van der Waals surface area contributed by atoms with E-state index in [1.54, 1.807) is 13.3 Å². The van der Waals surface area contributed by atoms with Crippen molar-refractivity contribution in [2.45, 2.75) is 25.8 Å². The van der Waals surface area contributed by atoms with Gasteiger partial charge in [0.05, 0.1) is 13.7 Å². The van der Waals surface area contributed by atoms with E-state index in [1.807, 2.05) is 36.4 Å². The van der Waals surface area contributed by atoms with Gasteiger partial charge in [0.15, 0.2) is 0 Å². The van der Waals surface area contributed by atoms with Gasteiger partial charge in [0, 0.05) is 25.4 Å². The molecule has 0 unspecified atom stereocenters. The molecule has 2 N–H and O–H groups in total. The number of urea groups is 1. The third-order valence-electron chi connectivity index (χ3n) is 4.27. The Morgan fingerprint density at radius 2 is 1.88 bits per heavy atom. The normalized spacial score (nSPS) is 13.1. The molecule has 138 valence electrons. The second-order valence-corrected chi connectivity index (χ2v) is 6.47. The number of methoxy groups -OCH3 is 1. The maximum absolute atomic E-state index is 11.9. The van der Waals surface area contributed by atoms with Crippen molar-refractivity contribution in [1.82, 2.24) is 15.6 Å². The van der Waals surface area contributed by atoms with Crippen LogP contribution >= 0.6 is 0 Å². The van der Waals surface area contributed by atoms with Crippen molar-refractivity contribution in [3.63, 3.8) is 0 Å². The maximum atomic E-state index is 11.9. The summed E-state index contributed by atoms with van der Waals surface area (Å²) in [4.78, 5) is 16.1. The molecule has 1 aliphatic carbocycles. The van der Waals surface area contributed by atoms with E-state index < -0.39 is 0 Å². The number of carbonyl (C=O) groups excluding carboxylic acids is 1. The highest BCUT2D eigenvalue weighted by Gasteiger charge is 2.22. The topological polar surface area (TPSA) is 72.5 Å². The van der Waals surface area contributed by atoms with Crippen LogP contribution in [0.4, 0.5) is 4.79 Å². The molecule has 1 heterocycles. The molecule has 0 bridgehead atoms. The minimum Gasteiger partial charge on any atom is -0.497 e. The Hall–Kier alpha value is -2.76. The van der Waals surface area contributed by atoms with Crippen molar-refractivity contribution >= 4 is 6.03 Å². The number of benzene rings is 1. The van der Waals surface area contributed by atoms with E-state index in [4.69, 9.17) is 9.47 Å². The fraction of sp³-hybridized carbons (Fsp3) is 0.400. The van der Waals surface area contributed by atoms with Crippen LogP contribution in [0.3, 0.4) is 0 Å². The predicted molar refractivity (Wildman–Crippen MR) is 99.4 cm³/mol. The van der Waals surface area contributed by atoms with Crippen LogP contribution in [0.1, 0.15) is 24.0 Å². The minimum atomic E-state index is -0.187. The van der Waals surface area contributed by atoms with Crippen LogP contribution in [0.2, 0.25) is 0 Å². The summed E-state index contributed by atoms with van der Waals surface area (Å²) < 4.78 is 10.7. The minimum absolute atomic E-state index is 0.187. The Bertz CT molecular complexity index is 697. The zero-order valence-corrected chi connectivity index (χ0v) is 15.0. The van der Waals surface area contributed by atoms with Gasteiger partial charge in [-0.15, -0.1) is 0 Å². The molecule has 2 amide bonds. The van der Waals surface area contributed by atoms with Gasteiger partial charge in [-0.25, -0.2) is 9.78 Å². The van der Waals surface area contributed by atoms with Crippen molar-refractivity contribution in [2.75, 3.05) is 20.3 Å². The molecule has 0 aliphatic heterocycles. The molecule has 1 saturated carbocycles. The Balaban J connectivity index is 1.32. The molecular formula is C20H25N3O3. The molecule has 3 rings (SSSR count). The van der Waals surface area contributed by atoms with Crippen LogP contribution in [-0.4, -0.2) is 31.3 Å². The first-order valence-corrected chi connectivity index (χ1v) is 8.95. The smallest absolute Gasteiger partial charge is 0.315 e. The monoisotopic (exact) mass is 355 g/mol. The van der Waals surface area contributed by atoms with Gasteiger partial charge < -0.3 is 20.1 Å². The van der Waals surface area contributed by atoms with E-state index in [1.165, 1.54) is 12.8 Å². The Morgan fingerprint density at radius 3 is 2.54 bits per heavy atom. The lowest BCUT2D eigenvalue weighted by molar-refractivity contribution is 0.240. The molecule has 26 heavy (non-hydrogen) atoms. The summed E-state index contributed by atoms with van der Waals surface area (Å²) in [5.74, 6) is 2.18. The summed E-state index contributed by atoms with van der Waals surface area (Å²) >= 11 is 0. The van der Waals surface area contributed by atoms with Crippen LogP contribution in [0, 0.1) is 5.92 Å². The highest BCUT2D eigenvalue weighted by molar-refractivity contribution is 5.73. The average molecular weight is 355 g/mol. The van der Waals surface area contributed by atoms with Crippen molar-refractivity contribution in [3.05, 3.63) is 53.7 Å². The van der Waals surface area contributed by atoms with E-state index >= 15 is 0 Å². The van der Waals surface area contributed by atoms with Gasteiger partial charge >= 0.3 is 6.03 Å². The van der Waals surface area contributed by atoms with Crippen LogP contribution in [0.15, 0.2) is 42.6 Å². The van der Waals surface area contributed by atoms with Gasteiger partial charge in [0.1, 0.15) is 5.75 Å². The molecule has 6 nitrogen and oxygen atoms in total. The van der Waals surface area contributed by atoms with Crippen molar-refractivity contribution in [2.24, 2.45) is 5.92 Å². The highest BCUT2D eigenvalue weighted by atomic mass is 16.5. The summed E-state index contributed by atoms with van der Waals surface area (Å²) in [5, 5.41) is 5.69. The fourth-order valence-electron chi connectivity index (χ4n) is 2.45. The summed E-state index contributed by atoms with van der Waals surface area (Å²) in [6.07, 6.45) is 5.02. The molecule has 1 fully saturated rings. The third kappa shape index (κ3) is 5.95. The van der Waals surface area contributed by atoms with E-state index in [-0.39, 0.29) is 6.03 Å². The lowest BCUT2D eigenvalue weighted by Gasteiger charge is -2.09. The molecule has 0 saturated heterocycles. The third-order valence-corrected chi connectivity index (χ3v) is 4.27. The Morgan fingerprint density at radius 1 is 1.12 bits per heavy atom. The quantitative estimate of drug-likeness (QED) is 0.725. The molecule has 6 heteroatoms. The number of hydrogen-bond acceptors (Lipinski definition) is 4. The van der Waals surface area contributed by atoms with E-state index in [2.05, 4.69) is 15.6 Å². The van der Waals surface area contributed by atoms with Crippen molar-refractivity contribution in [3.8, 4) is 11.6 Å². The number of nitrogens with zero attached hydrogens (tertiary/aromatic N) is 1. The zero-order chi connectivity index (χ0) is 18.2. The average Bonchev–Trinajstić information content (AvgIpc) is 3.50. The molecule has 1 aromatic carbocycles. The van der Waals surface area contributed by atoms with E-state index in [0.29, 0.717) is 24.9 Å². The summed E-state index contributed by atoms with van der Waals surface area (Å²) in [7, 11) is 1.64. The molecular weight excluding hydrogens is 330 g/mol.